The number of hydrogen-bond acceptors (Lipinski definition) is 3. The Balaban J connectivity index is 2.36. The molecule has 1 unspecified atom stereocenters. The van der Waals surface area contributed by atoms with Gasteiger partial charge in [-0.2, -0.15) is 0 Å². The van der Waals surface area contributed by atoms with Crippen LogP contribution in [0.5, 0.6) is 0 Å². The van der Waals surface area contributed by atoms with E-state index in [0.717, 1.165) is 15.9 Å². The van der Waals surface area contributed by atoms with Crippen molar-refractivity contribution in [3.63, 3.8) is 0 Å². The third-order valence-corrected chi connectivity index (χ3v) is 3.84. The van der Waals surface area contributed by atoms with Gasteiger partial charge in [-0.1, -0.05) is 28.1 Å². The van der Waals surface area contributed by atoms with Gasteiger partial charge in [0.05, 0.1) is 0 Å². The summed E-state index contributed by atoms with van der Waals surface area (Å²) in [7, 11) is 5.66. The molecule has 1 atom stereocenters. The van der Waals surface area contributed by atoms with Gasteiger partial charge >= 0.3 is 0 Å². The third-order valence-electron chi connectivity index (χ3n) is 2.85. The van der Waals surface area contributed by atoms with Crippen molar-refractivity contribution in [3.05, 3.63) is 52.5 Å². The van der Waals surface area contributed by atoms with Gasteiger partial charge in [0, 0.05) is 43.6 Å². The average Bonchev–Trinajstić information content (AvgIpc) is 2.83. The van der Waals surface area contributed by atoms with Gasteiger partial charge in [0.25, 0.3) is 5.17 Å². The van der Waals surface area contributed by atoms with Gasteiger partial charge in [-0.15, -0.1) is 0 Å². The Morgan fingerprint density at radius 2 is 2.00 bits per heavy atom. The highest BCUT2D eigenvalue weighted by molar-refractivity contribution is 9.10. The van der Waals surface area contributed by atoms with E-state index in [4.69, 9.17) is 17.0 Å². The van der Waals surface area contributed by atoms with E-state index in [1.54, 1.807) is 11.1 Å². The maximum Gasteiger partial charge on any atom is 0.259 e. The molecule has 4 nitrogen and oxygen atoms in total. The topological polar surface area (TPSA) is 30.3 Å². The van der Waals surface area contributed by atoms with Gasteiger partial charge in [-0.3, -0.25) is 0 Å². The molecule has 2 rings (SSSR count). The van der Waals surface area contributed by atoms with E-state index in [2.05, 4.69) is 20.9 Å². The fourth-order valence-corrected chi connectivity index (χ4v) is 2.10. The Hall–Kier alpha value is -1.40. The molecule has 0 aliphatic heterocycles. The lowest BCUT2D eigenvalue weighted by atomic mass is 10.1. The minimum atomic E-state index is -0.321. The van der Waals surface area contributed by atoms with Crippen molar-refractivity contribution in [1.29, 1.82) is 0 Å². The zero-order chi connectivity index (χ0) is 14.7. The van der Waals surface area contributed by atoms with Crippen molar-refractivity contribution in [1.82, 2.24) is 14.5 Å². The number of rotatable bonds is 3. The summed E-state index contributed by atoms with van der Waals surface area (Å²) in [6.07, 6.45) is 3.32. The summed E-state index contributed by atoms with van der Waals surface area (Å²) in [5, 5.41) is 0.431. The van der Waals surface area contributed by atoms with Crippen molar-refractivity contribution in [2.45, 2.75) is 6.10 Å². The van der Waals surface area contributed by atoms with Crippen LogP contribution in [0.1, 0.15) is 17.5 Å². The third kappa shape index (κ3) is 3.37. The normalized spacial score (nSPS) is 12.0. The molecule has 0 saturated carbocycles. The van der Waals surface area contributed by atoms with E-state index >= 15 is 0 Å². The molecule has 106 valence electrons. The maximum absolute atomic E-state index is 5.92. The van der Waals surface area contributed by atoms with Crippen LogP contribution in [0, 0.1) is 0 Å². The van der Waals surface area contributed by atoms with Gasteiger partial charge in [-0.05, 0) is 24.4 Å². The highest BCUT2D eigenvalue weighted by atomic mass is 79.9. The summed E-state index contributed by atoms with van der Waals surface area (Å²) >= 11 is 8.69. The lowest BCUT2D eigenvalue weighted by Gasteiger charge is -2.22. The van der Waals surface area contributed by atoms with E-state index in [0.29, 0.717) is 5.17 Å². The second-order valence-corrected chi connectivity index (χ2v) is 5.87. The second kappa shape index (κ2) is 6.37. The summed E-state index contributed by atoms with van der Waals surface area (Å²) in [4.78, 5) is 6.14. The van der Waals surface area contributed by atoms with E-state index < -0.39 is 0 Å². The quantitative estimate of drug-likeness (QED) is 0.793. The number of aromatic nitrogens is 2. The first-order valence-electron chi connectivity index (χ1n) is 6.09. The molecule has 2 aromatic rings. The molecule has 0 radical (unpaired) electrons. The highest BCUT2D eigenvalue weighted by Gasteiger charge is 2.22. The van der Waals surface area contributed by atoms with Crippen LogP contribution in [0.4, 0.5) is 0 Å². The fourth-order valence-electron chi connectivity index (χ4n) is 1.74. The van der Waals surface area contributed by atoms with Crippen LogP contribution in [0.15, 0.2) is 41.1 Å². The number of benzene rings is 1. The van der Waals surface area contributed by atoms with Crippen molar-refractivity contribution in [2.24, 2.45) is 7.05 Å². The zero-order valence-electron chi connectivity index (χ0n) is 11.6. The Morgan fingerprint density at radius 3 is 2.50 bits per heavy atom. The number of nitrogens with zero attached hydrogens (tertiary/aromatic N) is 3. The largest absolute Gasteiger partial charge is 0.454 e. The summed E-state index contributed by atoms with van der Waals surface area (Å²) in [6.45, 7) is 0. The molecule has 20 heavy (non-hydrogen) atoms. The Labute approximate surface area is 132 Å². The number of imidazole rings is 1. The van der Waals surface area contributed by atoms with Gasteiger partial charge in [0.1, 0.15) is 0 Å². The number of aryl methyl sites for hydroxylation is 1. The van der Waals surface area contributed by atoms with Gasteiger partial charge in [0.2, 0.25) is 0 Å². The van der Waals surface area contributed by atoms with E-state index in [1.165, 1.54) is 0 Å². The molecule has 0 aliphatic rings. The predicted octanol–water partition coefficient (Wildman–Crippen LogP) is 3.14. The van der Waals surface area contributed by atoms with Crippen LogP contribution in [-0.2, 0) is 11.8 Å². The standard InChI is InChI=1S/C14H16BrN3OS/c1-17(2)14(20)19-12(13-16-8-9-18(13)3)10-4-6-11(15)7-5-10/h4-9,12H,1-3H3. The first-order valence-corrected chi connectivity index (χ1v) is 7.30. The molecule has 0 aliphatic carbocycles. The molecule has 0 spiro atoms. The van der Waals surface area contributed by atoms with E-state index in [-0.39, 0.29) is 6.10 Å². The Kier molecular flexibility index (Phi) is 4.77. The maximum atomic E-state index is 5.92. The number of halogens is 1. The molecule has 0 N–H and O–H groups in total. The van der Waals surface area contributed by atoms with Crippen LogP contribution in [0.25, 0.3) is 0 Å². The minimum Gasteiger partial charge on any atom is -0.454 e. The molecule has 1 aromatic heterocycles. The summed E-state index contributed by atoms with van der Waals surface area (Å²) in [5.41, 5.74) is 1.01. The zero-order valence-corrected chi connectivity index (χ0v) is 14.0. The fraction of sp³-hybridized carbons (Fsp3) is 0.286. The van der Waals surface area contributed by atoms with E-state index in [9.17, 15) is 0 Å². The Bertz CT molecular complexity index is 595. The lowest BCUT2D eigenvalue weighted by molar-refractivity contribution is 0.195. The smallest absolute Gasteiger partial charge is 0.259 e. The second-order valence-electron chi connectivity index (χ2n) is 4.61. The summed E-state index contributed by atoms with van der Waals surface area (Å²) < 4.78 is 8.88. The monoisotopic (exact) mass is 353 g/mol. The lowest BCUT2D eigenvalue weighted by Crippen LogP contribution is -2.26. The molecule has 0 amide bonds. The van der Waals surface area contributed by atoms with Crippen molar-refractivity contribution in [3.8, 4) is 0 Å². The van der Waals surface area contributed by atoms with E-state index in [1.807, 2.05) is 56.2 Å². The number of thiocarbonyl (C=S) groups is 1. The molecule has 6 heteroatoms. The first-order chi connectivity index (χ1) is 9.49. The molecule has 0 saturated heterocycles. The number of hydrogen-bond donors (Lipinski definition) is 0. The molecule has 0 fully saturated rings. The molecular weight excluding hydrogens is 338 g/mol. The van der Waals surface area contributed by atoms with Gasteiger partial charge < -0.3 is 14.2 Å². The average molecular weight is 354 g/mol. The Morgan fingerprint density at radius 1 is 1.35 bits per heavy atom. The highest BCUT2D eigenvalue weighted by Crippen LogP contribution is 2.26. The molecule has 1 aromatic carbocycles. The van der Waals surface area contributed by atoms with Crippen LogP contribution >= 0.6 is 28.1 Å². The molecule has 0 bridgehead atoms. The van der Waals surface area contributed by atoms with Gasteiger partial charge in [-0.25, -0.2) is 4.98 Å². The van der Waals surface area contributed by atoms with Crippen LogP contribution < -0.4 is 0 Å². The van der Waals surface area contributed by atoms with Gasteiger partial charge in [0.15, 0.2) is 11.9 Å². The summed E-state index contributed by atoms with van der Waals surface area (Å²) in [6, 6.07) is 7.96. The first kappa shape index (κ1) is 15.0. The van der Waals surface area contributed by atoms with Crippen molar-refractivity contribution >= 4 is 33.3 Å². The van der Waals surface area contributed by atoms with Crippen molar-refractivity contribution < 1.29 is 4.74 Å². The predicted molar refractivity (Wildman–Crippen MR) is 86.6 cm³/mol. The van der Waals surface area contributed by atoms with Crippen LogP contribution in [-0.4, -0.2) is 33.7 Å². The summed E-state index contributed by atoms with van der Waals surface area (Å²) in [5.74, 6) is 0.816. The van der Waals surface area contributed by atoms with Crippen LogP contribution in [0.2, 0.25) is 0 Å². The number of ether oxygens (including phenoxy) is 1. The molecular formula is C14H16BrN3OS. The SMILES string of the molecule is CN(C)C(=S)OC(c1ccc(Br)cc1)c1nccn1C. The van der Waals surface area contributed by atoms with Crippen molar-refractivity contribution in [2.75, 3.05) is 14.1 Å². The minimum absolute atomic E-state index is 0.321. The van der Waals surface area contributed by atoms with Crippen LogP contribution in [0.3, 0.4) is 0 Å². The molecule has 1 heterocycles.